The molecule has 1 saturated heterocycles. The van der Waals surface area contributed by atoms with Gasteiger partial charge in [0.1, 0.15) is 16.7 Å². The summed E-state index contributed by atoms with van der Waals surface area (Å²) in [5.41, 5.74) is 1.75. The Bertz CT molecular complexity index is 1370. The topological polar surface area (TPSA) is 93.3 Å². The lowest BCUT2D eigenvalue weighted by molar-refractivity contribution is -0.117. The summed E-state index contributed by atoms with van der Waals surface area (Å²) < 4.78 is 7.15. The third-order valence-electron chi connectivity index (χ3n) is 5.94. The fraction of sp³-hybridized carbons (Fsp3) is 0.304. The van der Waals surface area contributed by atoms with Gasteiger partial charge in [-0.25, -0.2) is 0 Å². The van der Waals surface area contributed by atoms with E-state index < -0.39 is 0 Å². The molecule has 8 nitrogen and oxygen atoms in total. The summed E-state index contributed by atoms with van der Waals surface area (Å²) in [4.78, 5) is 32.2. The molecule has 1 aromatic carbocycles. The Morgan fingerprint density at radius 1 is 1.28 bits per heavy atom. The number of anilines is 1. The molecule has 32 heavy (non-hydrogen) atoms. The Morgan fingerprint density at radius 2 is 2.16 bits per heavy atom. The van der Waals surface area contributed by atoms with E-state index in [0.717, 1.165) is 24.9 Å². The average molecular weight is 452 g/mol. The van der Waals surface area contributed by atoms with Gasteiger partial charge in [-0.1, -0.05) is 22.8 Å². The number of fused-ring (bicyclic) bond motifs is 3. The van der Waals surface area contributed by atoms with Gasteiger partial charge in [0.25, 0.3) is 5.56 Å². The van der Waals surface area contributed by atoms with Crippen molar-refractivity contribution in [1.82, 2.24) is 19.6 Å². The number of rotatable bonds is 4. The highest BCUT2D eigenvalue weighted by molar-refractivity contribution is 6.37. The van der Waals surface area contributed by atoms with Crippen molar-refractivity contribution in [2.75, 3.05) is 25.0 Å². The molecule has 164 valence electrons. The third-order valence-corrected chi connectivity index (χ3v) is 6.26. The zero-order chi connectivity index (χ0) is 22.2. The maximum absolute atomic E-state index is 13.5. The maximum atomic E-state index is 13.5. The predicted octanol–water partition coefficient (Wildman–Crippen LogP) is 3.78. The van der Waals surface area contributed by atoms with Gasteiger partial charge in [-0.3, -0.25) is 19.5 Å². The number of nitrogens with zero attached hydrogens (tertiary/aromatic N) is 4. The van der Waals surface area contributed by atoms with Crippen LogP contribution in [-0.4, -0.2) is 45.1 Å². The van der Waals surface area contributed by atoms with Crippen molar-refractivity contribution in [2.45, 2.75) is 25.8 Å². The van der Waals surface area contributed by atoms with Crippen molar-refractivity contribution in [2.24, 2.45) is 0 Å². The molecule has 1 N–H and O–H groups in total. The highest BCUT2D eigenvalue weighted by Crippen LogP contribution is 2.33. The number of halogens is 1. The van der Waals surface area contributed by atoms with Crippen LogP contribution in [0.5, 0.6) is 0 Å². The van der Waals surface area contributed by atoms with E-state index in [0.29, 0.717) is 39.3 Å². The van der Waals surface area contributed by atoms with Crippen LogP contribution in [0.4, 0.5) is 5.69 Å². The van der Waals surface area contributed by atoms with Gasteiger partial charge < -0.3 is 14.4 Å². The van der Waals surface area contributed by atoms with Crippen LogP contribution >= 0.6 is 11.6 Å². The molecule has 1 unspecified atom stereocenters. The van der Waals surface area contributed by atoms with Crippen molar-refractivity contribution in [3.05, 3.63) is 63.9 Å². The second-order valence-corrected chi connectivity index (χ2v) is 8.50. The molecule has 5 rings (SSSR count). The lowest BCUT2D eigenvalue weighted by atomic mass is 10.0. The van der Waals surface area contributed by atoms with Crippen molar-refractivity contribution < 1.29 is 9.32 Å². The Kier molecular flexibility index (Phi) is 5.40. The summed E-state index contributed by atoms with van der Waals surface area (Å²) in [5.74, 6) is 0.369. The van der Waals surface area contributed by atoms with Crippen molar-refractivity contribution in [1.29, 1.82) is 0 Å². The molecular weight excluding hydrogens is 430 g/mol. The minimum atomic E-state index is -0.139. The van der Waals surface area contributed by atoms with E-state index in [9.17, 15) is 9.59 Å². The summed E-state index contributed by atoms with van der Waals surface area (Å²) in [6, 6.07) is 9.00. The summed E-state index contributed by atoms with van der Waals surface area (Å²) in [6.07, 6.45) is 4.98. The second-order valence-electron chi connectivity index (χ2n) is 8.09. The van der Waals surface area contributed by atoms with Crippen LogP contribution in [0.25, 0.3) is 21.8 Å². The van der Waals surface area contributed by atoms with Crippen molar-refractivity contribution in [3.8, 4) is 0 Å². The third kappa shape index (κ3) is 3.65. The Hall–Kier alpha value is -3.23. The number of carbonyl (C=O) groups excluding carboxylic acids is 1. The summed E-state index contributed by atoms with van der Waals surface area (Å²) >= 11 is 6.52. The predicted molar refractivity (Wildman–Crippen MR) is 123 cm³/mol. The highest BCUT2D eigenvalue weighted by atomic mass is 35.5. The zero-order valence-corrected chi connectivity index (χ0v) is 18.3. The molecule has 0 saturated carbocycles. The number of hydrogen-bond acceptors (Lipinski definition) is 6. The SMILES string of the molecule is Cc1onc2c1c(=O)n(C1CCCN(CC(=O)Nc3cccnc3)C1)c1cccc(Cl)c21. The first-order chi connectivity index (χ1) is 15.5. The van der Waals surface area contributed by atoms with Gasteiger partial charge in [0.2, 0.25) is 5.91 Å². The van der Waals surface area contributed by atoms with E-state index >= 15 is 0 Å². The van der Waals surface area contributed by atoms with Crippen molar-refractivity contribution >= 4 is 45.0 Å². The molecule has 3 aromatic heterocycles. The standard InChI is InChI=1S/C23H22ClN5O3/c1-14-20-22(27-32-14)21-17(24)7-2-8-18(21)29(23(20)31)16-6-4-10-28(12-16)13-19(30)26-15-5-3-9-25-11-15/h2-3,5,7-9,11,16H,4,6,10,12-13H2,1H3,(H,26,30). The van der Waals surface area contributed by atoms with E-state index in [4.69, 9.17) is 16.1 Å². The van der Waals surface area contributed by atoms with Crippen molar-refractivity contribution in [3.63, 3.8) is 0 Å². The van der Waals surface area contributed by atoms with Gasteiger partial charge in [-0.05, 0) is 50.6 Å². The summed E-state index contributed by atoms with van der Waals surface area (Å²) in [6.45, 7) is 3.35. The minimum absolute atomic E-state index is 0.0953. The van der Waals surface area contributed by atoms with E-state index in [2.05, 4.69) is 20.4 Å². The largest absolute Gasteiger partial charge is 0.360 e. The Labute approximate surface area is 188 Å². The zero-order valence-electron chi connectivity index (χ0n) is 17.5. The molecule has 0 aliphatic carbocycles. The lowest BCUT2D eigenvalue weighted by Crippen LogP contribution is -2.43. The molecular formula is C23H22ClN5O3. The van der Waals surface area contributed by atoms with Crippen LogP contribution in [0.2, 0.25) is 5.02 Å². The lowest BCUT2D eigenvalue weighted by Gasteiger charge is -2.34. The van der Waals surface area contributed by atoms with Gasteiger partial charge in [0.05, 0.1) is 35.0 Å². The van der Waals surface area contributed by atoms with E-state index in [1.165, 1.54) is 0 Å². The Balaban J connectivity index is 1.48. The number of piperidine rings is 1. The molecule has 1 aliphatic heterocycles. The van der Waals surface area contributed by atoms with E-state index in [1.54, 1.807) is 42.1 Å². The molecule has 1 fully saturated rings. The second kappa shape index (κ2) is 8.37. The van der Waals surface area contributed by atoms with Crippen LogP contribution in [0.15, 0.2) is 52.0 Å². The van der Waals surface area contributed by atoms with Gasteiger partial charge in [0.15, 0.2) is 0 Å². The highest BCUT2D eigenvalue weighted by Gasteiger charge is 2.27. The van der Waals surface area contributed by atoms with Gasteiger partial charge in [0, 0.05) is 18.1 Å². The molecule has 1 amide bonds. The number of nitrogens with one attached hydrogen (secondary N) is 1. The number of aryl methyl sites for hydroxylation is 1. The van der Waals surface area contributed by atoms with Crippen LogP contribution < -0.4 is 10.9 Å². The number of amides is 1. The number of pyridine rings is 2. The van der Waals surface area contributed by atoms with Crippen LogP contribution in [0.3, 0.4) is 0 Å². The number of hydrogen-bond donors (Lipinski definition) is 1. The normalized spacial score (nSPS) is 17.1. The van der Waals surface area contributed by atoms with Gasteiger partial charge in [-0.15, -0.1) is 0 Å². The summed E-state index contributed by atoms with van der Waals surface area (Å²) in [7, 11) is 0. The van der Waals surface area contributed by atoms with Crippen LogP contribution in [0.1, 0.15) is 24.6 Å². The molecule has 1 aliphatic rings. The molecule has 0 bridgehead atoms. The fourth-order valence-electron chi connectivity index (χ4n) is 4.56. The molecule has 4 aromatic rings. The van der Waals surface area contributed by atoms with Crippen LogP contribution in [-0.2, 0) is 4.79 Å². The molecule has 9 heteroatoms. The number of benzene rings is 1. The van der Waals surface area contributed by atoms with Crippen LogP contribution in [0, 0.1) is 6.92 Å². The van der Waals surface area contributed by atoms with E-state index in [-0.39, 0.29) is 24.1 Å². The van der Waals surface area contributed by atoms with Gasteiger partial charge >= 0.3 is 0 Å². The maximum Gasteiger partial charge on any atom is 0.264 e. The molecule has 1 atom stereocenters. The molecule has 0 radical (unpaired) electrons. The molecule has 0 spiro atoms. The Morgan fingerprint density at radius 3 is 2.97 bits per heavy atom. The minimum Gasteiger partial charge on any atom is -0.360 e. The summed E-state index contributed by atoms with van der Waals surface area (Å²) in [5, 5.41) is 8.67. The first-order valence-electron chi connectivity index (χ1n) is 10.5. The van der Waals surface area contributed by atoms with Gasteiger partial charge in [-0.2, -0.15) is 0 Å². The first kappa shape index (κ1) is 20.7. The average Bonchev–Trinajstić information content (AvgIpc) is 3.16. The number of carbonyl (C=O) groups is 1. The molecule has 4 heterocycles. The monoisotopic (exact) mass is 451 g/mol. The smallest absolute Gasteiger partial charge is 0.264 e. The first-order valence-corrected chi connectivity index (χ1v) is 10.9. The van der Waals surface area contributed by atoms with E-state index in [1.807, 2.05) is 12.1 Å². The quantitative estimate of drug-likeness (QED) is 0.507. The number of aromatic nitrogens is 3. The fourth-order valence-corrected chi connectivity index (χ4v) is 4.82. The number of likely N-dealkylation sites (tertiary alicyclic amines) is 1.